The van der Waals surface area contributed by atoms with Gasteiger partial charge in [0.2, 0.25) is 0 Å². The number of nitrogens with zero attached hydrogens (tertiary/aromatic N) is 1. The number of hydrogen-bond donors (Lipinski definition) is 0. The van der Waals surface area contributed by atoms with E-state index in [-0.39, 0.29) is 11.9 Å². The number of ether oxygens (including phenoxy) is 1. The fourth-order valence-corrected chi connectivity index (χ4v) is 2.91. The molecule has 0 N–H and O–H groups in total. The Labute approximate surface area is 125 Å². The van der Waals surface area contributed by atoms with Crippen molar-refractivity contribution in [1.29, 1.82) is 5.26 Å². The summed E-state index contributed by atoms with van der Waals surface area (Å²) in [6, 6.07) is 12.3. The highest BCUT2D eigenvalue weighted by Gasteiger charge is 2.13. The Bertz CT molecular complexity index is 442. The lowest BCUT2D eigenvalue weighted by molar-refractivity contribution is -0.140. The standard InChI is InChI=1S/C16H21NO2S/c1-13(20-11-10-16(18)19-2)8-9-15(12-17)14-6-4-3-5-7-14/h3-7,13,15H,8-11H2,1-2H3. The molecular weight excluding hydrogens is 270 g/mol. The molecule has 0 aliphatic carbocycles. The molecule has 0 fully saturated rings. The second-order valence-corrected chi connectivity index (χ2v) is 6.22. The van der Waals surface area contributed by atoms with Crippen molar-refractivity contribution >= 4 is 17.7 Å². The van der Waals surface area contributed by atoms with E-state index in [0.717, 1.165) is 24.2 Å². The molecule has 3 nitrogen and oxygen atoms in total. The van der Waals surface area contributed by atoms with Crippen LogP contribution in [0.3, 0.4) is 0 Å². The molecule has 108 valence electrons. The molecule has 2 unspecified atom stereocenters. The summed E-state index contributed by atoms with van der Waals surface area (Å²) in [7, 11) is 1.41. The van der Waals surface area contributed by atoms with Gasteiger partial charge in [0.05, 0.1) is 25.5 Å². The van der Waals surface area contributed by atoms with Crippen molar-refractivity contribution in [2.75, 3.05) is 12.9 Å². The maximum absolute atomic E-state index is 11.0. The molecule has 0 aliphatic rings. The molecular formula is C16H21NO2S. The molecule has 0 spiro atoms. The van der Waals surface area contributed by atoms with Gasteiger partial charge in [0, 0.05) is 11.0 Å². The van der Waals surface area contributed by atoms with Crippen molar-refractivity contribution in [2.24, 2.45) is 0 Å². The number of hydrogen-bond acceptors (Lipinski definition) is 4. The van der Waals surface area contributed by atoms with E-state index in [1.165, 1.54) is 7.11 Å². The van der Waals surface area contributed by atoms with Gasteiger partial charge in [0.1, 0.15) is 0 Å². The predicted octanol–water partition coefficient (Wildman–Crippen LogP) is 3.76. The van der Waals surface area contributed by atoms with E-state index in [1.54, 1.807) is 11.8 Å². The van der Waals surface area contributed by atoms with Gasteiger partial charge in [-0.3, -0.25) is 4.79 Å². The normalized spacial score (nSPS) is 13.2. The second kappa shape index (κ2) is 9.44. The molecule has 0 radical (unpaired) electrons. The third-order valence-electron chi connectivity index (χ3n) is 3.16. The minimum absolute atomic E-state index is 0.0418. The van der Waals surface area contributed by atoms with Crippen LogP contribution in [0, 0.1) is 11.3 Å². The third-order valence-corrected chi connectivity index (χ3v) is 4.40. The van der Waals surface area contributed by atoms with Gasteiger partial charge in [-0.15, -0.1) is 0 Å². The van der Waals surface area contributed by atoms with E-state index in [4.69, 9.17) is 0 Å². The average Bonchev–Trinajstić information content (AvgIpc) is 2.48. The summed E-state index contributed by atoms with van der Waals surface area (Å²) in [4.78, 5) is 11.0. The SMILES string of the molecule is COC(=O)CCSC(C)CCC(C#N)c1ccccc1. The molecule has 0 heterocycles. The van der Waals surface area contributed by atoms with E-state index in [1.807, 2.05) is 30.3 Å². The van der Waals surface area contributed by atoms with Crippen LogP contribution in [0.2, 0.25) is 0 Å². The Morgan fingerprint density at radius 1 is 1.35 bits per heavy atom. The molecule has 0 aliphatic heterocycles. The smallest absolute Gasteiger partial charge is 0.306 e. The fourth-order valence-electron chi connectivity index (χ4n) is 1.92. The number of nitriles is 1. The maximum Gasteiger partial charge on any atom is 0.306 e. The van der Waals surface area contributed by atoms with Crippen molar-refractivity contribution in [1.82, 2.24) is 0 Å². The molecule has 1 rings (SSSR count). The number of carbonyl (C=O) groups excluding carboxylic acids is 1. The van der Waals surface area contributed by atoms with Crippen molar-refractivity contribution in [3.63, 3.8) is 0 Å². The lowest BCUT2D eigenvalue weighted by Crippen LogP contribution is -2.06. The van der Waals surface area contributed by atoms with Gasteiger partial charge < -0.3 is 4.74 Å². The maximum atomic E-state index is 11.0. The van der Waals surface area contributed by atoms with Gasteiger partial charge in [-0.1, -0.05) is 37.3 Å². The number of rotatable bonds is 8. The fraction of sp³-hybridized carbons (Fsp3) is 0.500. The molecule has 0 aromatic heterocycles. The molecule has 0 saturated heterocycles. The monoisotopic (exact) mass is 291 g/mol. The Hall–Kier alpha value is -1.47. The quantitative estimate of drug-likeness (QED) is 0.684. The molecule has 0 amide bonds. The van der Waals surface area contributed by atoms with E-state index >= 15 is 0 Å². The number of methoxy groups -OCH3 is 1. The van der Waals surface area contributed by atoms with Crippen LogP contribution in [0.15, 0.2) is 30.3 Å². The van der Waals surface area contributed by atoms with Crippen molar-refractivity contribution in [3.8, 4) is 6.07 Å². The molecule has 1 aromatic rings. The number of carbonyl (C=O) groups is 1. The molecule has 0 saturated carbocycles. The zero-order valence-electron chi connectivity index (χ0n) is 12.0. The second-order valence-electron chi connectivity index (χ2n) is 4.68. The van der Waals surface area contributed by atoms with Crippen LogP contribution in [0.5, 0.6) is 0 Å². The minimum Gasteiger partial charge on any atom is -0.469 e. The lowest BCUT2D eigenvalue weighted by atomic mass is 9.95. The van der Waals surface area contributed by atoms with E-state index in [0.29, 0.717) is 11.7 Å². The van der Waals surface area contributed by atoms with Crippen LogP contribution < -0.4 is 0 Å². The Morgan fingerprint density at radius 2 is 2.05 bits per heavy atom. The zero-order chi connectivity index (χ0) is 14.8. The topological polar surface area (TPSA) is 50.1 Å². The Kier molecular flexibility index (Phi) is 7.82. The Balaban J connectivity index is 2.31. The van der Waals surface area contributed by atoms with Gasteiger partial charge in [-0.05, 0) is 18.4 Å². The predicted molar refractivity (Wildman–Crippen MR) is 82.6 cm³/mol. The van der Waals surface area contributed by atoms with Crippen LogP contribution in [-0.4, -0.2) is 24.1 Å². The highest BCUT2D eigenvalue weighted by Crippen LogP contribution is 2.25. The number of benzene rings is 1. The van der Waals surface area contributed by atoms with Gasteiger partial charge in [-0.25, -0.2) is 0 Å². The zero-order valence-corrected chi connectivity index (χ0v) is 12.9. The molecule has 4 heteroatoms. The van der Waals surface area contributed by atoms with Crippen molar-refractivity contribution in [2.45, 2.75) is 37.4 Å². The first-order valence-electron chi connectivity index (χ1n) is 6.80. The van der Waals surface area contributed by atoms with Crippen LogP contribution >= 0.6 is 11.8 Å². The van der Waals surface area contributed by atoms with Crippen LogP contribution in [0.25, 0.3) is 0 Å². The third kappa shape index (κ3) is 6.12. The summed E-state index contributed by atoms with van der Waals surface area (Å²) >= 11 is 1.76. The van der Waals surface area contributed by atoms with Gasteiger partial charge in [0.25, 0.3) is 0 Å². The van der Waals surface area contributed by atoms with E-state index in [9.17, 15) is 10.1 Å². The summed E-state index contributed by atoms with van der Waals surface area (Å²) in [5, 5.41) is 9.70. The average molecular weight is 291 g/mol. The van der Waals surface area contributed by atoms with E-state index in [2.05, 4.69) is 17.7 Å². The van der Waals surface area contributed by atoms with Crippen molar-refractivity contribution in [3.05, 3.63) is 35.9 Å². The minimum atomic E-state index is -0.163. The van der Waals surface area contributed by atoms with Crippen LogP contribution in [0.4, 0.5) is 0 Å². The van der Waals surface area contributed by atoms with Crippen molar-refractivity contribution < 1.29 is 9.53 Å². The van der Waals surface area contributed by atoms with Crippen LogP contribution in [0.1, 0.15) is 37.7 Å². The first-order valence-corrected chi connectivity index (χ1v) is 7.85. The molecule has 1 aromatic carbocycles. The lowest BCUT2D eigenvalue weighted by Gasteiger charge is -2.14. The Morgan fingerprint density at radius 3 is 2.65 bits per heavy atom. The highest BCUT2D eigenvalue weighted by atomic mass is 32.2. The summed E-state index contributed by atoms with van der Waals surface area (Å²) in [6.07, 6.45) is 2.28. The molecule has 20 heavy (non-hydrogen) atoms. The van der Waals surface area contributed by atoms with Gasteiger partial charge in [0.15, 0.2) is 0 Å². The summed E-state index contributed by atoms with van der Waals surface area (Å²) in [5.74, 6) is 0.569. The molecule has 2 atom stereocenters. The van der Waals surface area contributed by atoms with E-state index < -0.39 is 0 Å². The van der Waals surface area contributed by atoms with Gasteiger partial charge in [-0.2, -0.15) is 17.0 Å². The summed E-state index contributed by atoms with van der Waals surface area (Å²) < 4.78 is 4.61. The highest BCUT2D eigenvalue weighted by molar-refractivity contribution is 7.99. The summed E-state index contributed by atoms with van der Waals surface area (Å²) in [6.45, 7) is 2.14. The summed E-state index contributed by atoms with van der Waals surface area (Å²) in [5.41, 5.74) is 1.08. The first kappa shape index (κ1) is 16.6. The largest absolute Gasteiger partial charge is 0.469 e. The number of esters is 1. The van der Waals surface area contributed by atoms with Crippen LogP contribution in [-0.2, 0) is 9.53 Å². The number of thioether (sulfide) groups is 1. The first-order chi connectivity index (χ1) is 9.67. The van der Waals surface area contributed by atoms with Gasteiger partial charge >= 0.3 is 5.97 Å². The molecule has 0 bridgehead atoms.